The van der Waals surface area contributed by atoms with Gasteiger partial charge in [0.15, 0.2) is 5.69 Å². The number of rotatable bonds is 5. The fraction of sp³-hybridized carbons (Fsp3) is 0.182. The molecule has 0 aliphatic heterocycles. The van der Waals surface area contributed by atoms with Gasteiger partial charge in [-0.2, -0.15) is 10.3 Å². The van der Waals surface area contributed by atoms with E-state index >= 15 is 0 Å². The molecule has 2 N–H and O–H groups in total. The minimum atomic E-state index is -1.14. The Morgan fingerprint density at radius 1 is 1.28 bits per heavy atom. The van der Waals surface area contributed by atoms with Gasteiger partial charge >= 0.3 is 5.97 Å². The fourth-order valence-corrected chi connectivity index (χ4v) is 1.35. The second kappa shape index (κ2) is 5.17. The highest BCUT2D eigenvalue weighted by molar-refractivity contribution is 5.86. The maximum Gasteiger partial charge on any atom is 0.358 e. The normalized spacial score (nSPS) is 10.1. The van der Waals surface area contributed by atoms with Crippen LogP contribution in [0.2, 0.25) is 0 Å². The van der Waals surface area contributed by atoms with Crippen molar-refractivity contribution in [3.63, 3.8) is 0 Å². The van der Waals surface area contributed by atoms with Gasteiger partial charge in [-0.05, 0) is 24.3 Å². The molecule has 0 atom stereocenters. The molecule has 0 aliphatic rings. The molecular weight excluding hydrogens is 238 g/mol. The van der Waals surface area contributed by atoms with Crippen LogP contribution in [0, 0.1) is 0 Å². The number of methoxy groups -OCH3 is 1. The van der Waals surface area contributed by atoms with E-state index in [4.69, 9.17) is 14.6 Å². The van der Waals surface area contributed by atoms with Crippen molar-refractivity contribution in [2.45, 2.75) is 6.61 Å². The molecular formula is C11H11N3O4. The Morgan fingerprint density at radius 2 is 1.94 bits per heavy atom. The van der Waals surface area contributed by atoms with Gasteiger partial charge in [0, 0.05) is 0 Å². The molecule has 0 fully saturated rings. The van der Waals surface area contributed by atoms with Crippen LogP contribution in [-0.2, 0) is 6.61 Å². The highest BCUT2D eigenvalue weighted by atomic mass is 16.5. The number of nitrogens with one attached hydrogen (secondary N) is 1. The van der Waals surface area contributed by atoms with Crippen LogP contribution < -0.4 is 9.47 Å². The molecule has 0 radical (unpaired) electrons. The molecule has 18 heavy (non-hydrogen) atoms. The number of carboxylic acids is 1. The quantitative estimate of drug-likeness (QED) is 0.823. The van der Waals surface area contributed by atoms with Gasteiger partial charge in [0.1, 0.15) is 23.8 Å². The molecule has 7 nitrogen and oxygen atoms in total. The lowest BCUT2D eigenvalue weighted by Crippen LogP contribution is -2.05. The number of nitrogens with zero attached hydrogens (tertiary/aromatic N) is 2. The molecule has 0 aliphatic carbocycles. The van der Waals surface area contributed by atoms with Crippen molar-refractivity contribution in [1.82, 2.24) is 15.4 Å². The van der Waals surface area contributed by atoms with E-state index in [0.29, 0.717) is 5.75 Å². The number of hydrogen-bond donors (Lipinski definition) is 2. The van der Waals surface area contributed by atoms with Crippen molar-refractivity contribution in [3.05, 3.63) is 35.7 Å². The summed E-state index contributed by atoms with van der Waals surface area (Å²) in [7, 11) is 1.57. The average molecular weight is 249 g/mol. The van der Waals surface area contributed by atoms with Crippen LogP contribution in [0.15, 0.2) is 24.3 Å². The molecule has 2 rings (SSSR count). The lowest BCUT2D eigenvalue weighted by Gasteiger charge is -2.05. The van der Waals surface area contributed by atoms with E-state index in [1.807, 2.05) is 0 Å². The highest BCUT2D eigenvalue weighted by Gasteiger charge is 2.15. The Bertz CT molecular complexity index is 535. The van der Waals surface area contributed by atoms with E-state index in [2.05, 4.69) is 15.4 Å². The number of ether oxygens (including phenoxy) is 2. The first-order valence-electron chi connectivity index (χ1n) is 5.10. The van der Waals surface area contributed by atoms with Crippen molar-refractivity contribution in [1.29, 1.82) is 0 Å². The second-order valence-electron chi connectivity index (χ2n) is 3.39. The maximum absolute atomic E-state index is 10.8. The van der Waals surface area contributed by atoms with Crippen molar-refractivity contribution in [2.24, 2.45) is 0 Å². The van der Waals surface area contributed by atoms with Crippen LogP contribution in [0.25, 0.3) is 0 Å². The first-order chi connectivity index (χ1) is 8.70. The predicted octanol–water partition coefficient (Wildman–Crippen LogP) is 1.09. The van der Waals surface area contributed by atoms with E-state index < -0.39 is 5.97 Å². The SMILES string of the molecule is COc1ccc(OCc2n[nH]nc2C(=O)O)cc1. The van der Waals surface area contributed by atoms with Crippen LogP contribution in [0.5, 0.6) is 11.5 Å². The van der Waals surface area contributed by atoms with Gasteiger partial charge in [-0.15, -0.1) is 5.10 Å². The van der Waals surface area contributed by atoms with Crippen LogP contribution >= 0.6 is 0 Å². The molecule has 0 unspecified atom stereocenters. The zero-order valence-corrected chi connectivity index (χ0v) is 9.58. The molecule has 0 saturated heterocycles. The van der Waals surface area contributed by atoms with Crippen LogP contribution in [0.4, 0.5) is 0 Å². The van der Waals surface area contributed by atoms with Crippen LogP contribution in [0.1, 0.15) is 16.2 Å². The Kier molecular flexibility index (Phi) is 3.42. The lowest BCUT2D eigenvalue weighted by molar-refractivity contribution is 0.0687. The third-order valence-electron chi connectivity index (χ3n) is 2.26. The predicted molar refractivity (Wildman–Crippen MR) is 60.7 cm³/mol. The zero-order valence-electron chi connectivity index (χ0n) is 9.58. The molecule has 2 aromatic rings. The number of H-pyrrole nitrogens is 1. The molecule has 94 valence electrons. The summed E-state index contributed by atoms with van der Waals surface area (Å²) in [6.45, 7) is 0.0322. The number of aromatic nitrogens is 3. The summed E-state index contributed by atoms with van der Waals surface area (Å²) < 4.78 is 10.4. The number of carboxylic acid groups (broad SMARTS) is 1. The summed E-state index contributed by atoms with van der Waals surface area (Å²) in [5, 5.41) is 18.3. The summed E-state index contributed by atoms with van der Waals surface area (Å²) >= 11 is 0. The van der Waals surface area contributed by atoms with Crippen molar-refractivity contribution in [2.75, 3.05) is 7.11 Å². The Hall–Kier alpha value is -2.57. The lowest BCUT2D eigenvalue weighted by atomic mass is 10.3. The molecule has 1 aromatic heterocycles. The fourth-order valence-electron chi connectivity index (χ4n) is 1.35. The number of benzene rings is 1. The van der Waals surface area contributed by atoms with E-state index in [0.717, 1.165) is 5.75 Å². The number of aromatic carboxylic acids is 1. The first-order valence-corrected chi connectivity index (χ1v) is 5.10. The minimum absolute atomic E-state index is 0.0322. The van der Waals surface area contributed by atoms with E-state index in [9.17, 15) is 4.79 Å². The number of aromatic amines is 1. The summed E-state index contributed by atoms with van der Waals surface area (Å²) in [5.74, 6) is 0.169. The van der Waals surface area contributed by atoms with E-state index in [1.54, 1.807) is 31.4 Å². The zero-order chi connectivity index (χ0) is 13.0. The van der Waals surface area contributed by atoms with Gasteiger partial charge in [-0.3, -0.25) is 0 Å². The molecule has 0 bridgehead atoms. The third kappa shape index (κ3) is 2.57. The monoisotopic (exact) mass is 249 g/mol. The Balaban J connectivity index is 2.02. The molecule has 0 spiro atoms. The number of carbonyl (C=O) groups is 1. The highest BCUT2D eigenvalue weighted by Crippen LogP contribution is 2.18. The number of hydrogen-bond acceptors (Lipinski definition) is 5. The summed E-state index contributed by atoms with van der Waals surface area (Å²) in [6.07, 6.45) is 0. The van der Waals surface area contributed by atoms with Gasteiger partial charge in [-0.25, -0.2) is 4.79 Å². The third-order valence-corrected chi connectivity index (χ3v) is 2.26. The molecule has 0 saturated carbocycles. The van der Waals surface area contributed by atoms with Gasteiger partial charge in [0.2, 0.25) is 0 Å². The molecule has 0 amide bonds. The van der Waals surface area contributed by atoms with Crippen LogP contribution in [0.3, 0.4) is 0 Å². The van der Waals surface area contributed by atoms with E-state index in [-0.39, 0.29) is 18.0 Å². The molecule has 1 heterocycles. The molecule has 1 aromatic carbocycles. The van der Waals surface area contributed by atoms with Crippen molar-refractivity contribution in [3.8, 4) is 11.5 Å². The first kappa shape index (κ1) is 11.9. The largest absolute Gasteiger partial charge is 0.497 e. The average Bonchev–Trinajstić information content (AvgIpc) is 2.85. The smallest absolute Gasteiger partial charge is 0.358 e. The van der Waals surface area contributed by atoms with Crippen molar-refractivity contribution < 1.29 is 19.4 Å². The molecule has 7 heteroatoms. The summed E-state index contributed by atoms with van der Waals surface area (Å²) in [6, 6.07) is 6.94. The van der Waals surface area contributed by atoms with Gasteiger partial charge in [0.25, 0.3) is 0 Å². The van der Waals surface area contributed by atoms with Crippen LogP contribution in [-0.4, -0.2) is 33.6 Å². The topological polar surface area (TPSA) is 97.3 Å². The standard InChI is InChI=1S/C11H11N3O4/c1-17-7-2-4-8(5-3-7)18-6-9-10(11(15)16)13-14-12-9/h2-5H,6H2,1H3,(H,15,16)(H,12,13,14). The summed E-state index contributed by atoms with van der Waals surface area (Å²) in [4.78, 5) is 10.8. The Labute approximate surface area is 102 Å². The van der Waals surface area contributed by atoms with Gasteiger partial charge < -0.3 is 14.6 Å². The Morgan fingerprint density at radius 3 is 2.56 bits per heavy atom. The second-order valence-corrected chi connectivity index (χ2v) is 3.39. The van der Waals surface area contributed by atoms with Crippen molar-refractivity contribution >= 4 is 5.97 Å². The summed E-state index contributed by atoms with van der Waals surface area (Å²) in [5.41, 5.74) is 0.113. The minimum Gasteiger partial charge on any atom is -0.497 e. The van der Waals surface area contributed by atoms with Gasteiger partial charge in [-0.1, -0.05) is 0 Å². The maximum atomic E-state index is 10.8. The van der Waals surface area contributed by atoms with Gasteiger partial charge in [0.05, 0.1) is 7.11 Å². The van der Waals surface area contributed by atoms with E-state index in [1.165, 1.54) is 0 Å².